The Morgan fingerprint density at radius 3 is 2.47 bits per heavy atom. The Morgan fingerprint density at radius 1 is 0.800 bits per heavy atom. The van der Waals surface area contributed by atoms with Gasteiger partial charge >= 0.3 is 0 Å². The highest BCUT2D eigenvalue weighted by Crippen LogP contribution is 2.38. The highest BCUT2D eigenvalue weighted by Gasteiger charge is 2.20. The lowest BCUT2D eigenvalue weighted by molar-refractivity contribution is 0.667. The average molecular weight is 389 g/mol. The van der Waals surface area contributed by atoms with Crippen LogP contribution in [0.25, 0.3) is 50.0 Å². The first kappa shape index (κ1) is 17.0. The number of fused-ring (bicyclic) bond motifs is 4. The monoisotopic (exact) mass is 389 g/mol. The molecular weight excluding hydrogens is 370 g/mol. The number of hydrogen-bond acceptors (Lipinski definition) is 3. The Balaban J connectivity index is 1.77. The zero-order chi connectivity index (χ0) is 20.2. The number of imidazole rings is 1. The lowest BCUT2D eigenvalue weighted by atomic mass is 10.1. The van der Waals surface area contributed by atoms with Gasteiger partial charge in [-0.15, -0.1) is 0 Å². The number of aromatic nitrogens is 3. The van der Waals surface area contributed by atoms with Crippen LogP contribution in [0, 0.1) is 13.8 Å². The highest BCUT2D eigenvalue weighted by atomic mass is 16.3. The van der Waals surface area contributed by atoms with Crippen molar-refractivity contribution >= 4 is 33.0 Å². The minimum Gasteiger partial charge on any atom is -0.454 e. The molecule has 0 aliphatic rings. The van der Waals surface area contributed by atoms with Crippen LogP contribution in [0.2, 0.25) is 0 Å². The average Bonchev–Trinajstić information content (AvgIpc) is 3.32. The van der Waals surface area contributed by atoms with Crippen molar-refractivity contribution < 1.29 is 4.42 Å². The molecular formula is C26H19N3O. The van der Waals surface area contributed by atoms with Gasteiger partial charge in [0.25, 0.3) is 0 Å². The fourth-order valence-corrected chi connectivity index (χ4v) is 4.42. The minimum absolute atomic E-state index is 0.787. The molecule has 6 aromatic rings. The van der Waals surface area contributed by atoms with Crippen molar-refractivity contribution in [2.24, 2.45) is 0 Å². The second kappa shape index (κ2) is 6.29. The van der Waals surface area contributed by atoms with Crippen molar-refractivity contribution in [2.75, 3.05) is 0 Å². The standard InChI is InChI=1S/C26H19N3O/c1-16-7-5-8-17(2)24(16)29-22-12-4-3-11-21(22)28-26(29)20-10-6-9-19-18-13-14-27-15-23(18)30-25(19)20/h3-15H,1-2H3. The summed E-state index contributed by atoms with van der Waals surface area (Å²) in [7, 11) is 0. The van der Waals surface area contributed by atoms with Gasteiger partial charge in [0.05, 0.1) is 28.5 Å². The summed E-state index contributed by atoms with van der Waals surface area (Å²) in [6.07, 6.45) is 3.57. The zero-order valence-electron chi connectivity index (χ0n) is 16.8. The van der Waals surface area contributed by atoms with Crippen LogP contribution in [0.3, 0.4) is 0 Å². The molecule has 3 aromatic carbocycles. The number of aryl methyl sites for hydroxylation is 2. The molecule has 0 radical (unpaired) electrons. The van der Waals surface area contributed by atoms with Crippen LogP contribution in [0.1, 0.15) is 11.1 Å². The number of benzene rings is 3. The van der Waals surface area contributed by atoms with Crippen molar-refractivity contribution in [2.45, 2.75) is 13.8 Å². The SMILES string of the molecule is Cc1cccc(C)c1-n1c(-c2cccc3c2oc2cnccc23)nc2ccccc21. The first-order valence-corrected chi connectivity index (χ1v) is 10.0. The lowest BCUT2D eigenvalue weighted by Gasteiger charge is -2.15. The number of rotatable bonds is 2. The number of pyridine rings is 1. The van der Waals surface area contributed by atoms with Crippen LogP contribution in [0.4, 0.5) is 0 Å². The predicted molar refractivity (Wildman–Crippen MR) is 121 cm³/mol. The minimum atomic E-state index is 0.787. The Morgan fingerprint density at radius 2 is 1.60 bits per heavy atom. The maximum Gasteiger partial charge on any atom is 0.153 e. The summed E-state index contributed by atoms with van der Waals surface area (Å²) in [6, 6.07) is 22.9. The molecule has 4 heteroatoms. The van der Waals surface area contributed by atoms with E-state index in [9.17, 15) is 0 Å². The van der Waals surface area contributed by atoms with Crippen molar-refractivity contribution in [3.8, 4) is 17.1 Å². The van der Waals surface area contributed by atoms with Gasteiger partial charge in [-0.2, -0.15) is 0 Å². The van der Waals surface area contributed by atoms with Gasteiger partial charge in [0.2, 0.25) is 0 Å². The largest absolute Gasteiger partial charge is 0.454 e. The van der Waals surface area contributed by atoms with Gasteiger partial charge in [-0.05, 0) is 49.2 Å². The fraction of sp³-hybridized carbons (Fsp3) is 0.0769. The molecule has 3 aromatic heterocycles. The smallest absolute Gasteiger partial charge is 0.153 e. The molecule has 0 fully saturated rings. The first-order valence-electron chi connectivity index (χ1n) is 10.0. The van der Waals surface area contributed by atoms with E-state index in [2.05, 4.69) is 78.0 Å². The summed E-state index contributed by atoms with van der Waals surface area (Å²) in [4.78, 5) is 9.27. The van der Waals surface area contributed by atoms with E-state index < -0.39 is 0 Å². The Labute approximate surface area is 173 Å². The number of furan rings is 1. The number of nitrogens with zero attached hydrogens (tertiary/aromatic N) is 3. The molecule has 0 aliphatic carbocycles. The Hall–Kier alpha value is -3.92. The van der Waals surface area contributed by atoms with Gasteiger partial charge < -0.3 is 4.42 Å². The second-order valence-corrected chi connectivity index (χ2v) is 7.66. The van der Waals surface area contributed by atoms with Crippen molar-refractivity contribution in [1.82, 2.24) is 14.5 Å². The van der Waals surface area contributed by atoms with Gasteiger partial charge in [0.1, 0.15) is 11.4 Å². The first-order chi connectivity index (χ1) is 14.7. The maximum atomic E-state index is 6.27. The molecule has 4 nitrogen and oxygen atoms in total. The molecule has 0 N–H and O–H groups in total. The summed E-state index contributed by atoms with van der Waals surface area (Å²) >= 11 is 0. The third kappa shape index (κ3) is 2.34. The normalized spacial score (nSPS) is 11.7. The van der Waals surface area contributed by atoms with Crippen LogP contribution < -0.4 is 0 Å². The van der Waals surface area contributed by atoms with Crippen molar-refractivity contribution in [1.29, 1.82) is 0 Å². The van der Waals surface area contributed by atoms with E-state index in [-0.39, 0.29) is 0 Å². The lowest BCUT2D eigenvalue weighted by Crippen LogP contribution is -2.02. The Bertz CT molecular complexity index is 1550. The molecule has 30 heavy (non-hydrogen) atoms. The molecule has 6 rings (SSSR count). The van der Waals surface area contributed by atoms with E-state index in [0.29, 0.717) is 0 Å². The molecule has 0 unspecified atom stereocenters. The van der Waals surface area contributed by atoms with E-state index in [1.165, 1.54) is 11.1 Å². The quantitative estimate of drug-likeness (QED) is 0.335. The van der Waals surface area contributed by atoms with E-state index in [1.54, 1.807) is 12.4 Å². The fourth-order valence-electron chi connectivity index (χ4n) is 4.42. The molecule has 0 atom stereocenters. The number of hydrogen-bond donors (Lipinski definition) is 0. The van der Waals surface area contributed by atoms with E-state index >= 15 is 0 Å². The topological polar surface area (TPSA) is 43.9 Å². The molecule has 0 aliphatic heterocycles. The third-order valence-electron chi connectivity index (χ3n) is 5.77. The predicted octanol–water partition coefficient (Wildman–Crippen LogP) is 6.60. The van der Waals surface area contributed by atoms with Gasteiger partial charge in [0.15, 0.2) is 5.58 Å². The number of para-hydroxylation sites is 4. The molecule has 3 heterocycles. The molecule has 0 amide bonds. The second-order valence-electron chi connectivity index (χ2n) is 7.66. The molecule has 0 saturated heterocycles. The summed E-state index contributed by atoms with van der Waals surface area (Å²) in [6.45, 7) is 4.29. The van der Waals surface area contributed by atoms with E-state index in [4.69, 9.17) is 9.40 Å². The zero-order valence-corrected chi connectivity index (χ0v) is 16.8. The molecule has 0 saturated carbocycles. The van der Waals surface area contributed by atoms with Crippen LogP contribution in [-0.2, 0) is 0 Å². The van der Waals surface area contributed by atoms with Crippen LogP contribution >= 0.6 is 0 Å². The maximum absolute atomic E-state index is 6.27. The summed E-state index contributed by atoms with van der Waals surface area (Å²) in [5.41, 5.74) is 8.22. The van der Waals surface area contributed by atoms with Crippen LogP contribution in [-0.4, -0.2) is 14.5 Å². The van der Waals surface area contributed by atoms with E-state index in [0.717, 1.165) is 50.0 Å². The Kier molecular flexibility index (Phi) is 3.56. The third-order valence-corrected chi connectivity index (χ3v) is 5.77. The van der Waals surface area contributed by atoms with Gasteiger partial charge in [0, 0.05) is 17.0 Å². The highest BCUT2D eigenvalue weighted by molar-refractivity contribution is 6.09. The van der Waals surface area contributed by atoms with E-state index in [1.807, 2.05) is 12.1 Å². The summed E-state index contributed by atoms with van der Waals surface area (Å²) in [5, 5.41) is 2.14. The molecule has 144 valence electrons. The summed E-state index contributed by atoms with van der Waals surface area (Å²) in [5.74, 6) is 0.881. The van der Waals surface area contributed by atoms with Gasteiger partial charge in [-0.25, -0.2) is 4.98 Å². The van der Waals surface area contributed by atoms with Crippen molar-refractivity contribution in [3.05, 3.63) is 90.3 Å². The van der Waals surface area contributed by atoms with Gasteiger partial charge in [-0.1, -0.05) is 42.5 Å². The molecule has 0 spiro atoms. The van der Waals surface area contributed by atoms with Crippen molar-refractivity contribution in [3.63, 3.8) is 0 Å². The summed E-state index contributed by atoms with van der Waals surface area (Å²) < 4.78 is 8.53. The van der Waals surface area contributed by atoms with Crippen LogP contribution in [0.5, 0.6) is 0 Å². The van der Waals surface area contributed by atoms with Gasteiger partial charge in [-0.3, -0.25) is 9.55 Å². The molecule has 0 bridgehead atoms. The van der Waals surface area contributed by atoms with Crippen LogP contribution in [0.15, 0.2) is 83.5 Å².